The molecule has 0 aliphatic heterocycles. The van der Waals surface area contributed by atoms with Crippen LogP contribution in [-0.2, 0) is 7.05 Å². The minimum absolute atomic E-state index is 0. The number of rotatable bonds is 3. The van der Waals surface area contributed by atoms with E-state index in [0.29, 0.717) is 0 Å². The summed E-state index contributed by atoms with van der Waals surface area (Å²) in [7, 11) is 3.58. The average Bonchev–Trinajstić information content (AvgIpc) is 2.74. The zero-order valence-corrected chi connectivity index (χ0v) is 11.9. The van der Waals surface area contributed by atoms with E-state index in [-0.39, 0.29) is 30.9 Å². The van der Waals surface area contributed by atoms with E-state index in [9.17, 15) is 0 Å². The van der Waals surface area contributed by atoms with Crippen molar-refractivity contribution in [3.8, 4) is 5.75 Å². The van der Waals surface area contributed by atoms with Gasteiger partial charge < -0.3 is 15.0 Å². The molecule has 0 radical (unpaired) electrons. The SMILES string of the molecule is COc1cccc(C(N)c2nccn2C)c1.Cl.Cl. The van der Waals surface area contributed by atoms with Crippen LogP contribution in [0, 0.1) is 0 Å². The average molecular weight is 290 g/mol. The van der Waals surface area contributed by atoms with Crippen molar-refractivity contribution < 1.29 is 4.74 Å². The molecule has 1 aromatic heterocycles. The van der Waals surface area contributed by atoms with Crippen LogP contribution in [0.2, 0.25) is 0 Å². The first kappa shape index (κ1) is 16.8. The van der Waals surface area contributed by atoms with Crippen molar-refractivity contribution in [1.82, 2.24) is 9.55 Å². The van der Waals surface area contributed by atoms with E-state index in [1.54, 1.807) is 13.3 Å². The van der Waals surface area contributed by atoms with Gasteiger partial charge in [0.15, 0.2) is 0 Å². The van der Waals surface area contributed by atoms with Crippen molar-refractivity contribution >= 4 is 24.8 Å². The molecule has 0 aliphatic carbocycles. The lowest BCUT2D eigenvalue weighted by Gasteiger charge is -2.12. The van der Waals surface area contributed by atoms with Gasteiger partial charge in [-0.15, -0.1) is 24.8 Å². The van der Waals surface area contributed by atoms with Crippen molar-refractivity contribution in [2.75, 3.05) is 7.11 Å². The van der Waals surface area contributed by atoms with Gasteiger partial charge in [0.25, 0.3) is 0 Å². The van der Waals surface area contributed by atoms with Crippen LogP contribution in [0.4, 0.5) is 0 Å². The Morgan fingerprint density at radius 1 is 1.33 bits per heavy atom. The zero-order chi connectivity index (χ0) is 11.5. The molecule has 0 spiro atoms. The number of aryl methyl sites for hydroxylation is 1. The molecule has 1 heterocycles. The fraction of sp³-hybridized carbons (Fsp3) is 0.250. The monoisotopic (exact) mass is 289 g/mol. The predicted molar refractivity (Wildman–Crippen MR) is 76.7 cm³/mol. The van der Waals surface area contributed by atoms with Gasteiger partial charge in [-0.2, -0.15) is 0 Å². The molecule has 0 fully saturated rings. The molecule has 1 unspecified atom stereocenters. The van der Waals surface area contributed by atoms with E-state index in [1.807, 2.05) is 42.1 Å². The number of aromatic nitrogens is 2. The molecule has 0 bridgehead atoms. The summed E-state index contributed by atoms with van der Waals surface area (Å²) in [6, 6.07) is 7.50. The molecule has 1 atom stereocenters. The van der Waals surface area contributed by atoms with Crippen molar-refractivity contribution in [3.63, 3.8) is 0 Å². The van der Waals surface area contributed by atoms with E-state index >= 15 is 0 Å². The van der Waals surface area contributed by atoms with E-state index in [2.05, 4.69) is 4.98 Å². The van der Waals surface area contributed by atoms with Crippen molar-refractivity contribution in [2.24, 2.45) is 12.8 Å². The van der Waals surface area contributed by atoms with Gasteiger partial charge in [-0.3, -0.25) is 0 Å². The number of ether oxygens (including phenoxy) is 1. The third-order valence-electron chi connectivity index (χ3n) is 2.59. The summed E-state index contributed by atoms with van der Waals surface area (Å²) in [6.07, 6.45) is 3.63. The molecule has 2 aromatic rings. The third-order valence-corrected chi connectivity index (χ3v) is 2.59. The number of hydrogen-bond donors (Lipinski definition) is 1. The van der Waals surface area contributed by atoms with Crippen LogP contribution < -0.4 is 10.5 Å². The Hall–Kier alpha value is -1.23. The Kier molecular flexibility index (Phi) is 6.76. The summed E-state index contributed by atoms with van der Waals surface area (Å²) in [6.45, 7) is 0. The maximum atomic E-state index is 6.15. The second kappa shape index (κ2) is 7.26. The lowest BCUT2D eigenvalue weighted by molar-refractivity contribution is 0.414. The minimum Gasteiger partial charge on any atom is -0.497 e. The largest absolute Gasteiger partial charge is 0.497 e. The first-order valence-corrected chi connectivity index (χ1v) is 5.09. The highest BCUT2D eigenvalue weighted by Gasteiger charge is 2.13. The number of imidazole rings is 1. The molecular formula is C12H17Cl2N3O. The lowest BCUT2D eigenvalue weighted by Crippen LogP contribution is -2.16. The third kappa shape index (κ3) is 3.38. The summed E-state index contributed by atoms with van der Waals surface area (Å²) in [4.78, 5) is 4.24. The summed E-state index contributed by atoms with van der Waals surface area (Å²) >= 11 is 0. The van der Waals surface area contributed by atoms with Crippen molar-refractivity contribution in [3.05, 3.63) is 48.0 Å². The quantitative estimate of drug-likeness (QED) is 0.944. The van der Waals surface area contributed by atoms with Gasteiger partial charge in [0, 0.05) is 19.4 Å². The minimum atomic E-state index is -0.227. The molecule has 100 valence electrons. The Bertz CT molecular complexity index is 488. The molecule has 0 saturated carbocycles. The number of benzene rings is 1. The molecule has 2 rings (SSSR count). The molecule has 4 nitrogen and oxygen atoms in total. The van der Waals surface area contributed by atoms with E-state index < -0.39 is 0 Å². The highest BCUT2D eigenvalue weighted by atomic mass is 35.5. The zero-order valence-electron chi connectivity index (χ0n) is 10.2. The number of nitrogens with two attached hydrogens (primary N) is 1. The van der Waals surface area contributed by atoms with Crippen LogP contribution >= 0.6 is 24.8 Å². The topological polar surface area (TPSA) is 53.1 Å². The smallest absolute Gasteiger partial charge is 0.129 e. The molecule has 2 N–H and O–H groups in total. The normalized spacial score (nSPS) is 11.1. The summed E-state index contributed by atoms with van der Waals surface area (Å²) in [5.41, 5.74) is 7.14. The van der Waals surface area contributed by atoms with Gasteiger partial charge in [-0.1, -0.05) is 12.1 Å². The lowest BCUT2D eigenvalue weighted by atomic mass is 10.1. The maximum Gasteiger partial charge on any atom is 0.129 e. The van der Waals surface area contributed by atoms with Gasteiger partial charge >= 0.3 is 0 Å². The summed E-state index contributed by atoms with van der Waals surface area (Å²) < 4.78 is 7.09. The summed E-state index contributed by atoms with van der Waals surface area (Å²) in [5.74, 6) is 1.65. The van der Waals surface area contributed by atoms with E-state index in [4.69, 9.17) is 10.5 Å². The Labute approximate surface area is 119 Å². The highest BCUT2D eigenvalue weighted by molar-refractivity contribution is 5.85. The van der Waals surface area contributed by atoms with Gasteiger partial charge in [-0.25, -0.2) is 4.98 Å². The first-order valence-electron chi connectivity index (χ1n) is 5.09. The fourth-order valence-electron chi connectivity index (χ4n) is 1.66. The van der Waals surface area contributed by atoms with Gasteiger partial charge in [-0.05, 0) is 17.7 Å². The number of nitrogens with zero attached hydrogens (tertiary/aromatic N) is 2. The number of methoxy groups -OCH3 is 1. The second-order valence-corrected chi connectivity index (χ2v) is 3.65. The van der Waals surface area contributed by atoms with Crippen LogP contribution in [0.25, 0.3) is 0 Å². The number of hydrogen-bond acceptors (Lipinski definition) is 3. The molecule has 0 amide bonds. The van der Waals surface area contributed by atoms with E-state index in [1.165, 1.54) is 0 Å². The van der Waals surface area contributed by atoms with Crippen LogP contribution in [0.1, 0.15) is 17.4 Å². The molecule has 6 heteroatoms. The molecule has 1 aromatic carbocycles. The van der Waals surface area contributed by atoms with Crippen molar-refractivity contribution in [2.45, 2.75) is 6.04 Å². The maximum absolute atomic E-state index is 6.15. The molecule has 0 aliphatic rings. The van der Waals surface area contributed by atoms with Crippen LogP contribution in [0.15, 0.2) is 36.7 Å². The van der Waals surface area contributed by atoms with Crippen molar-refractivity contribution in [1.29, 1.82) is 0 Å². The van der Waals surface area contributed by atoms with Crippen LogP contribution in [0.5, 0.6) is 5.75 Å². The second-order valence-electron chi connectivity index (χ2n) is 3.65. The molecular weight excluding hydrogens is 273 g/mol. The highest BCUT2D eigenvalue weighted by Crippen LogP contribution is 2.21. The first-order chi connectivity index (χ1) is 7.72. The fourth-order valence-corrected chi connectivity index (χ4v) is 1.66. The molecule has 0 saturated heterocycles. The van der Waals surface area contributed by atoms with Gasteiger partial charge in [0.2, 0.25) is 0 Å². The van der Waals surface area contributed by atoms with E-state index in [0.717, 1.165) is 17.1 Å². The molecule has 18 heavy (non-hydrogen) atoms. The van der Waals surface area contributed by atoms with Gasteiger partial charge in [0.1, 0.15) is 11.6 Å². The Balaban J connectivity index is 0.00000144. The van der Waals surface area contributed by atoms with Crippen LogP contribution in [-0.4, -0.2) is 16.7 Å². The predicted octanol–water partition coefficient (Wildman–Crippen LogP) is 2.32. The number of halogens is 2. The van der Waals surface area contributed by atoms with Crippen LogP contribution in [0.3, 0.4) is 0 Å². The van der Waals surface area contributed by atoms with Gasteiger partial charge in [0.05, 0.1) is 13.2 Å². The Morgan fingerprint density at radius 3 is 2.61 bits per heavy atom. The standard InChI is InChI=1S/C12H15N3O.2ClH/c1-15-7-6-14-12(15)11(13)9-4-3-5-10(8-9)16-2;;/h3-8,11H,13H2,1-2H3;2*1H. The Morgan fingerprint density at radius 2 is 2.06 bits per heavy atom. The summed E-state index contributed by atoms with van der Waals surface area (Å²) in [5, 5.41) is 0.